The molecule has 1 aromatic carbocycles. The van der Waals surface area contributed by atoms with Gasteiger partial charge in [-0.25, -0.2) is 4.68 Å². The van der Waals surface area contributed by atoms with Crippen LogP contribution in [0, 0.1) is 12.8 Å². The predicted molar refractivity (Wildman–Crippen MR) is 88.9 cm³/mol. The van der Waals surface area contributed by atoms with E-state index in [1.807, 2.05) is 29.8 Å². The number of para-hydroxylation sites is 1. The van der Waals surface area contributed by atoms with Crippen LogP contribution in [0.1, 0.15) is 31.5 Å². The average molecular weight is 286 g/mol. The summed E-state index contributed by atoms with van der Waals surface area (Å²) in [5.74, 6) is 1.75. The molecule has 4 nitrogen and oxygen atoms in total. The first-order valence-corrected chi connectivity index (χ1v) is 7.63. The fourth-order valence-electron chi connectivity index (χ4n) is 2.61. The van der Waals surface area contributed by atoms with Gasteiger partial charge in [0.2, 0.25) is 0 Å². The zero-order valence-electron chi connectivity index (χ0n) is 13.5. The molecule has 0 bridgehead atoms. The molecule has 1 aromatic heterocycles. The molecular formula is C17H26N4. The number of anilines is 1. The Morgan fingerprint density at radius 2 is 1.95 bits per heavy atom. The number of aromatic nitrogens is 2. The van der Waals surface area contributed by atoms with E-state index in [0.717, 1.165) is 29.3 Å². The Balaban J connectivity index is 2.47. The predicted octanol–water partition coefficient (Wildman–Crippen LogP) is 3.12. The first kappa shape index (κ1) is 15.6. The lowest BCUT2D eigenvalue weighted by molar-refractivity contribution is 0.554. The Bertz CT molecular complexity index is 574. The first-order chi connectivity index (χ1) is 10.1. The van der Waals surface area contributed by atoms with Crippen molar-refractivity contribution in [3.8, 4) is 5.69 Å². The number of rotatable bonds is 6. The summed E-state index contributed by atoms with van der Waals surface area (Å²) in [5, 5.41) is 4.70. The van der Waals surface area contributed by atoms with Crippen LogP contribution < -0.4 is 10.6 Å². The Labute approximate surface area is 127 Å². The average Bonchev–Trinajstić information content (AvgIpc) is 2.84. The maximum absolute atomic E-state index is 5.96. The Kier molecular flexibility index (Phi) is 5.02. The van der Waals surface area contributed by atoms with Crippen molar-refractivity contribution in [2.24, 2.45) is 11.7 Å². The standard InChI is InChI=1S/C17H26N4/c1-5-13(2)12-20(4)17-16(11-18)14(3)19-21(17)15-9-7-6-8-10-15/h6-10,13H,5,11-12,18H2,1-4H3. The number of hydrogen-bond donors (Lipinski definition) is 1. The van der Waals surface area contributed by atoms with Crippen LogP contribution in [-0.4, -0.2) is 23.4 Å². The molecule has 0 amide bonds. The second kappa shape index (κ2) is 6.76. The normalized spacial score (nSPS) is 12.4. The summed E-state index contributed by atoms with van der Waals surface area (Å²) < 4.78 is 2.01. The van der Waals surface area contributed by atoms with E-state index < -0.39 is 0 Å². The molecule has 114 valence electrons. The van der Waals surface area contributed by atoms with Crippen molar-refractivity contribution in [3.05, 3.63) is 41.6 Å². The van der Waals surface area contributed by atoms with E-state index in [4.69, 9.17) is 10.8 Å². The topological polar surface area (TPSA) is 47.1 Å². The molecular weight excluding hydrogens is 260 g/mol. The number of nitrogens with two attached hydrogens (primary N) is 1. The van der Waals surface area contributed by atoms with Gasteiger partial charge in [-0.15, -0.1) is 0 Å². The molecule has 0 fully saturated rings. The van der Waals surface area contributed by atoms with Crippen molar-refractivity contribution in [2.45, 2.75) is 33.7 Å². The summed E-state index contributed by atoms with van der Waals surface area (Å²) in [6.07, 6.45) is 1.17. The molecule has 0 aliphatic carbocycles. The van der Waals surface area contributed by atoms with Crippen LogP contribution in [0.4, 0.5) is 5.82 Å². The molecule has 0 radical (unpaired) electrons. The van der Waals surface area contributed by atoms with Gasteiger partial charge in [-0.3, -0.25) is 0 Å². The van der Waals surface area contributed by atoms with Crippen molar-refractivity contribution in [3.63, 3.8) is 0 Å². The van der Waals surface area contributed by atoms with Crippen LogP contribution in [0.2, 0.25) is 0 Å². The lowest BCUT2D eigenvalue weighted by Gasteiger charge is -2.24. The molecule has 21 heavy (non-hydrogen) atoms. The monoisotopic (exact) mass is 286 g/mol. The van der Waals surface area contributed by atoms with E-state index in [1.165, 1.54) is 6.42 Å². The molecule has 0 aliphatic heterocycles. The van der Waals surface area contributed by atoms with Crippen LogP contribution in [0.3, 0.4) is 0 Å². The molecule has 0 saturated carbocycles. The van der Waals surface area contributed by atoms with Gasteiger partial charge in [0, 0.05) is 25.7 Å². The number of nitrogens with zero attached hydrogens (tertiary/aromatic N) is 3. The molecule has 1 atom stereocenters. The van der Waals surface area contributed by atoms with Gasteiger partial charge >= 0.3 is 0 Å². The SMILES string of the molecule is CCC(C)CN(C)c1c(CN)c(C)nn1-c1ccccc1. The van der Waals surface area contributed by atoms with Gasteiger partial charge in [0.05, 0.1) is 11.4 Å². The highest BCUT2D eigenvalue weighted by Gasteiger charge is 2.19. The van der Waals surface area contributed by atoms with E-state index in [9.17, 15) is 0 Å². The third-order valence-corrected chi connectivity index (χ3v) is 4.01. The minimum absolute atomic E-state index is 0.513. The highest BCUT2D eigenvalue weighted by atomic mass is 15.4. The Hall–Kier alpha value is -1.81. The van der Waals surface area contributed by atoms with Crippen molar-refractivity contribution in [1.82, 2.24) is 9.78 Å². The van der Waals surface area contributed by atoms with Crippen molar-refractivity contribution >= 4 is 5.82 Å². The zero-order valence-corrected chi connectivity index (χ0v) is 13.5. The van der Waals surface area contributed by atoms with Gasteiger partial charge in [-0.2, -0.15) is 5.10 Å². The van der Waals surface area contributed by atoms with Gasteiger partial charge < -0.3 is 10.6 Å². The number of benzene rings is 1. The van der Waals surface area contributed by atoms with Crippen molar-refractivity contribution < 1.29 is 0 Å². The van der Waals surface area contributed by atoms with Crippen LogP contribution >= 0.6 is 0 Å². The van der Waals surface area contributed by atoms with Crippen LogP contribution in [-0.2, 0) is 6.54 Å². The van der Waals surface area contributed by atoms with E-state index in [1.54, 1.807) is 0 Å². The quantitative estimate of drug-likeness (QED) is 0.887. The minimum atomic E-state index is 0.513. The molecule has 2 N–H and O–H groups in total. The smallest absolute Gasteiger partial charge is 0.136 e. The highest BCUT2D eigenvalue weighted by molar-refractivity contribution is 5.54. The molecule has 0 saturated heterocycles. The molecule has 0 spiro atoms. The minimum Gasteiger partial charge on any atom is -0.359 e. The number of hydrogen-bond acceptors (Lipinski definition) is 3. The second-order valence-corrected chi connectivity index (χ2v) is 5.73. The van der Waals surface area contributed by atoms with Crippen molar-refractivity contribution in [1.29, 1.82) is 0 Å². The third-order valence-electron chi connectivity index (χ3n) is 4.01. The van der Waals surface area contributed by atoms with Gasteiger partial charge in [0.1, 0.15) is 5.82 Å². The fraction of sp³-hybridized carbons (Fsp3) is 0.471. The van der Waals surface area contributed by atoms with Gasteiger partial charge in [-0.05, 0) is 25.0 Å². The Morgan fingerprint density at radius 1 is 1.29 bits per heavy atom. The van der Waals surface area contributed by atoms with Crippen LogP contribution in [0.15, 0.2) is 30.3 Å². The van der Waals surface area contributed by atoms with Crippen LogP contribution in [0.5, 0.6) is 0 Å². The molecule has 2 rings (SSSR count). The maximum atomic E-state index is 5.96. The maximum Gasteiger partial charge on any atom is 0.136 e. The third kappa shape index (κ3) is 3.27. The van der Waals surface area contributed by atoms with E-state index in [-0.39, 0.29) is 0 Å². The molecule has 1 heterocycles. The number of aryl methyl sites for hydroxylation is 1. The largest absolute Gasteiger partial charge is 0.359 e. The second-order valence-electron chi connectivity index (χ2n) is 5.73. The molecule has 1 unspecified atom stereocenters. The molecule has 0 aliphatic rings. The summed E-state index contributed by atoms with van der Waals surface area (Å²) in [6, 6.07) is 10.2. The molecule has 4 heteroatoms. The van der Waals surface area contributed by atoms with E-state index in [2.05, 4.69) is 37.9 Å². The molecule has 2 aromatic rings. The summed E-state index contributed by atoms with van der Waals surface area (Å²) in [7, 11) is 2.13. The first-order valence-electron chi connectivity index (χ1n) is 7.63. The summed E-state index contributed by atoms with van der Waals surface area (Å²) >= 11 is 0. The lowest BCUT2D eigenvalue weighted by atomic mass is 10.1. The summed E-state index contributed by atoms with van der Waals surface area (Å²) in [4.78, 5) is 2.28. The van der Waals surface area contributed by atoms with E-state index >= 15 is 0 Å². The summed E-state index contributed by atoms with van der Waals surface area (Å²) in [5.41, 5.74) is 9.18. The fourth-order valence-corrected chi connectivity index (χ4v) is 2.61. The van der Waals surface area contributed by atoms with Gasteiger partial charge in [-0.1, -0.05) is 38.5 Å². The Morgan fingerprint density at radius 3 is 2.52 bits per heavy atom. The lowest BCUT2D eigenvalue weighted by Crippen LogP contribution is -2.27. The van der Waals surface area contributed by atoms with Crippen molar-refractivity contribution in [2.75, 3.05) is 18.5 Å². The highest BCUT2D eigenvalue weighted by Crippen LogP contribution is 2.27. The van der Waals surface area contributed by atoms with Gasteiger partial charge in [0.15, 0.2) is 0 Å². The van der Waals surface area contributed by atoms with Crippen LogP contribution in [0.25, 0.3) is 5.69 Å². The van der Waals surface area contributed by atoms with E-state index in [0.29, 0.717) is 12.5 Å². The summed E-state index contributed by atoms with van der Waals surface area (Å²) in [6.45, 7) is 8.04. The van der Waals surface area contributed by atoms with Gasteiger partial charge in [0.25, 0.3) is 0 Å². The zero-order chi connectivity index (χ0) is 15.4.